The van der Waals surface area contributed by atoms with E-state index in [1.807, 2.05) is 0 Å². The molecule has 1 aromatic rings. The van der Waals surface area contributed by atoms with Gasteiger partial charge in [-0.15, -0.1) is 0 Å². The fraction of sp³-hybridized carbons (Fsp3) is 0.462. The lowest BCUT2D eigenvalue weighted by Gasteiger charge is -2.25. The summed E-state index contributed by atoms with van der Waals surface area (Å²) in [6, 6.07) is 3.35. The number of isocyanates is 1. The Morgan fingerprint density at radius 3 is 2.67 bits per heavy atom. The van der Waals surface area contributed by atoms with Crippen LogP contribution in [-0.4, -0.2) is 18.3 Å². The molecule has 0 unspecified atom stereocenters. The van der Waals surface area contributed by atoms with Gasteiger partial charge in [0, 0.05) is 5.56 Å². The van der Waals surface area contributed by atoms with Gasteiger partial charge in [-0.05, 0) is 18.9 Å². The summed E-state index contributed by atoms with van der Waals surface area (Å²) >= 11 is 5.86. The molecule has 0 radical (unpaired) electrons. The third kappa shape index (κ3) is 1.98. The zero-order valence-corrected chi connectivity index (χ0v) is 10.8. The van der Waals surface area contributed by atoms with Crippen LogP contribution in [0.15, 0.2) is 17.1 Å². The number of carbonyl (C=O) groups excluding carboxylic acids is 1. The van der Waals surface area contributed by atoms with Gasteiger partial charge in [0.25, 0.3) is 0 Å². The Bertz CT molecular complexity index is 503. The van der Waals surface area contributed by atoms with Gasteiger partial charge in [-0.1, -0.05) is 30.5 Å². The van der Waals surface area contributed by atoms with Crippen LogP contribution in [0.1, 0.15) is 31.2 Å². The summed E-state index contributed by atoms with van der Waals surface area (Å²) in [5.41, 5.74) is 0.0718. The Morgan fingerprint density at radius 2 is 2.11 bits per heavy atom. The number of hydrogen-bond donors (Lipinski definition) is 1. The van der Waals surface area contributed by atoms with E-state index in [1.165, 1.54) is 7.11 Å². The molecule has 96 valence electrons. The van der Waals surface area contributed by atoms with Gasteiger partial charge < -0.3 is 9.84 Å². The van der Waals surface area contributed by atoms with Gasteiger partial charge in [0.05, 0.1) is 12.1 Å². The van der Waals surface area contributed by atoms with Crippen LogP contribution in [0.25, 0.3) is 0 Å². The minimum absolute atomic E-state index is 0.107. The van der Waals surface area contributed by atoms with Crippen LogP contribution < -0.4 is 4.74 Å². The Morgan fingerprint density at radius 1 is 1.44 bits per heavy atom. The number of aliphatic imine (C=N–C) groups is 1. The summed E-state index contributed by atoms with van der Waals surface area (Å²) in [6.45, 7) is 0. The van der Waals surface area contributed by atoms with Crippen LogP contribution in [0, 0.1) is 0 Å². The summed E-state index contributed by atoms with van der Waals surface area (Å²) in [5, 5.41) is 10.1. The van der Waals surface area contributed by atoms with Gasteiger partial charge in [-0.2, -0.15) is 4.99 Å². The van der Waals surface area contributed by atoms with Gasteiger partial charge in [0.15, 0.2) is 11.5 Å². The summed E-state index contributed by atoms with van der Waals surface area (Å²) in [5.74, 6) is 0.187. The maximum atomic E-state index is 10.7. The van der Waals surface area contributed by atoms with Crippen molar-refractivity contribution in [2.45, 2.75) is 31.2 Å². The van der Waals surface area contributed by atoms with Crippen LogP contribution in [0.3, 0.4) is 0 Å². The lowest BCUT2D eigenvalue weighted by atomic mass is 9.88. The van der Waals surface area contributed by atoms with Crippen molar-refractivity contribution in [1.82, 2.24) is 0 Å². The molecule has 18 heavy (non-hydrogen) atoms. The highest BCUT2D eigenvalue weighted by Crippen LogP contribution is 2.49. The molecule has 0 aromatic heterocycles. The van der Waals surface area contributed by atoms with Crippen molar-refractivity contribution < 1.29 is 14.6 Å². The van der Waals surface area contributed by atoms with Gasteiger partial charge >= 0.3 is 0 Å². The summed E-state index contributed by atoms with van der Waals surface area (Å²) < 4.78 is 5.22. The van der Waals surface area contributed by atoms with Crippen molar-refractivity contribution in [2.24, 2.45) is 4.99 Å². The van der Waals surface area contributed by atoms with Crippen molar-refractivity contribution in [3.8, 4) is 11.5 Å². The minimum atomic E-state index is -0.630. The first-order valence-electron chi connectivity index (χ1n) is 5.79. The zero-order chi connectivity index (χ0) is 13.2. The highest BCUT2D eigenvalue weighted by molar-refractivity contribution is 6.32. The van der Waals surface area contributed by atoms with E-state index >= 15 is 0 Å². The number of benzene rings is 1. The number of methoxy groups -OCH3 is 1. The average molecular weight is 268 g/mol. The topological polar surface area (TPSA) is 58.9 Å². The molecule has 0 saturated heterocycles. The molecule has 0 spiro atoms. The van der Waals surface area contributed by atoms with E-state index in [9.17, 15) is 9.90 Å². The smallest absolute Gasteiger partial charge is 0.235 e. The summed E-state index contributed by atoms with van der Waals surface area (Å²) in [7, 11) is 1.46. The predicted molar refractivity (Wildman–Crippen MR) is 67.9 cm³/mol. The molecule has 1 fully saturated rings. The van der Waals surface area contributed by atoms with E-state index in [0.29, 0.717) is 11.3 Å². The van der Waals surface area contributed by atoms with Crippen molar-refractivity contribution in [2.75, 3.05) is 7.11 Å². The van der Waals surface area contributed by atoms with Gasteiger partial charge in [0.2, 0.25) is 6.08 Å². The van der Waals surface area contributed by atoms with E-state index in [4.69, 9.17) is 16.3 Å². The molecule has 0 bridgehead atoms. The highest BCUT2D eigenvalue weighted by atomic mass is 35.5. The van der Waals surface area contributed by atoms with E-state index in [2.05, 4.69) is 4.99 Å². The lowest BCUT2D eigenvalue weighted by molar-refractivity contribution is 0.350. The number of phenolic OH excluding ortho intramolecular Hbond substituents is 1. The first-order chi connectivity index (χ1) is 8.64. The number of halogens is 1. The second-order valence-corrected chi connectivity index (χ2v) is 4.83. The second kappa shape index (κ2) is 5.01. The fourth-order valence-electron chi connectivity index (χ4n) is 2.61. The van der Waals surface area contributed by atoms with Gasteiger partial charge in [-0.25, -0.2) is 4.79 Å². The van der Waals surface area contributed by atoms with Crippen LogP contribution in [0.2, 0.25) is 5.02 Å². The van der Waals surface area contributed by atoms with Crippen LogP contribution in [0.5, 0.6) is 11.5 Å². The molecule has 5 heteroatoms. The first kappa shape index (κ1) is 12.9. The molecule has 1 aliphatic carbocycles. The summed E-state index contributed by atoms with van der Waals surface area (Å²) in [6.07, 6.45) is 5.11. The molecule has 0 atom stereocenters. The van der Waals surface area contributed by atoms with E-state index in [-0.39, 0.29) is 10.8 Å². The second-order valence-electron chi connectivity index (χ2n) is 4.42. The maximum Gasteiger partial charge on any atom is 0.235 e. The SMILES string of the molecule is COc1c(C2(N=C=O)CCCC2)ccc(Cl)c1O. The normalized spacial score (nSPS) is 17.2. The van der Waals surface area contributed by atoms with Crippen LogP contribution in [0.4, 0.5) is 0 Å². The fourth-order valence-corrected chi connectivity index (χ4v) is 2.76. The first-order valence-corrected chi connectivity index (χ1v) is 6.17. The van der Waals surface area contributed by atoms with Crippen LogP contribution in [-0.2, 0) is 10.3 Å². The van der Waals surface area contributed by atoms with E-state index < -0.39 is 5.54 Å². The highest BCUT2D eigenvalue weighted by Gasteiger charge is 2.39. The minimum Gasteiger partial charge on any atom is -0.503 e. The quantitative estimate of drug-likeness (QED) is 0.676. The third-order valence-corrected chi connectivity index (χ3v) is 3.78. The number of aromatic hydroxyl groups is 1. The van der Waals surface area contributed by atoms with Crippen molar-refractivity contribution in [3.63, 3.8) is 0 Å². The number of phenols is 1. The standard InChI is InChI=1S/C13H14ClNO3/c1-18-12-9(4-5-10(14)11(12)17)13(15-8-16)6-2-3-7-13/h4-5,17H,2-3,6-7H2,1H3. The molecule has 2 rings (SSSR count). The van der Waals surface area contributed by atoms with Gasteiger partial charge in [0.1, 0.15) is 5.54 Å². The molecular formula is C13H14ClNO3. The molecule has 0 aliphatic heterocycles. The monoisotopic (exact) mass is 267 g/mol. The number of ether oxygens (including phenoxy) is 1. The van der Waals surface area contributed by atoms with E-state index in [0.717, 1.165) is 25.7 Å². The molecule has 4 nitrogen and oxygen atoms in total. The maximum absolute atomic E-state index is 10.7. The molecule has 1 N–H and O–H groups in total. The Kier molecular flexibility index (Phi) is 3.60. The summed E-state index contributed by atoms with van der Waals surface area (Å²) in [4.78, 5) is 14.6. The zero-order valence-electron chi connectivity index (χ0n) is 10.1. The van der Waals surface area contributed by atoms with Crippen molar-refractivity contribution >= 4 is 17.7 Å². The number of hydrogen-bond acceptors (Lipinski definition) is 4. The molecule has 1 aliphatic rings. The molecular weight excluding hydrogens is 254 g/mol. The predicted octanol–water partition coefficient (Wildman–Crippen LogP) is 3.16. The Balaban J connectivity index is 2.62. The molecule has 0 amide bonds. The number of rotatable bonds is 3. The number of nitrogens with zero attached hydrogens (tertiary/aromatic N) is 1. The molecule has 0 heterocycles. The molecule has 1 aromatic carbocycles. The average Bonchev–Trinajstić information content (AvgIpc) is 2.82. The van der Waals surface area contributed by atoms with E-state index in [1.54, 1.807) is 18.2 Å². The third-order valence-electron chi connectivity index (χ3n) is 3.48. The van der Waals surface area contributed by atoms with Crippen molar-refractivity contribution in [1.29, 1.82) is 0 Å². The molecule has 1 saturated carbocycles. The van der Waals surface area contributed by atoms with Crippen molar-refractivity contribution in [3.05, 3.63) is 22.7 Å². The Labute approximate surface area is 110 Å². The lowest BCUT2D eigenvalue weighted by Crippen LogP contribution is -2.20. The van der Waals surface area contributed by atoms with Gasteiger partial charge in [-0.3, -0.25) is 0 Å². The van der Waals surface area contributed by atoms with Crippen LogP contribution >= 0.6 is 11.6 Å². The largest absolute Gasteiger partial charge is 0.503 e. The Hall–Kier alpha value is -1.51.